The average molecular weight is 395 g/mol. The average Bonchev–Trinajstić information content (AvgIpc) is 2.96. The molecule has 0 fully saturated rings. The molecule has 1 aromatic heterocycles. The highest BCUT2D eigenvalue weighted by Crippen LogP contribution is 2.38. The highest BCUT2D eigenvalue weighted by Gasteiger charge is 2.20. The van der Waals surface area contributed by atoms with E-state index in [4.69, 9.17) is 9.47 Å². The molecule has 4 nitrogen and oxygen atoms in total. The van der Waals surface area contributed by atoms with E-state index in [1.54, 1.807) is 15.5 Å². The molecule has 0 bridgehead atoms. The summed E-state index contributed by atoms with van der Waals surface area (Å²) >= 11 is 2.39. The maximum Gasteiger partial charge on any atom is 0.318 e. The second kappa shape index (κ2) is 7.92. The predicted octanol–water partition coefficient (Wildman–Crippen LogP) is 5.19. The Morgan fingerprint density at radius 2 is 1.81 bits per heavy atom. The highest BCUT2D eigenvalue weighted by atomic mass is 32.2. The third kappa shape index (κ3) is 3.61. The van der Waals surface area contributed by atoms with Crippen molar-refractivity contribution < 1.29 is 18.3 Å². The molecule has 0 amide bonds. The lowest BCUT2D eigenvalue weighted by atomic mass is 10.1. The number of para-hydroxylation sites is 1. The Labute approximate surface area is 156 Å². The first-order valence-corrected chi connectivity index (χ1v) is 9.18. The number of methoxy groups -OCH3 is 2. The van der Waals surface area contributed by atoms with Crippen LogP contribution in [0, 0.1) is 0 Å². The standard InChI is InChI=1S/C18H15F2NO3S2/c1-23-13-9-11(10-14(24-2)16(13)17(19)20)7-8-25-21-12-5-3-4-6-15(12)26-18(21)22/h3-10,17H,1-2H3/b8-7+. The van der Waals surface area contributed by atoms with Gasteiger partial charge in [-0.3, -0.25) is 4.79 Å². The van der Waals surface area contributed by atoms with Crippen LogP contribution in [0.25, 0.3) is 16.3 Å². The smallest absolute Gasteiger partial charge is 0.318 e. The van der Waals surface area contributed by atoms with E-state index in [1.807, 2.05) is 24.3 Å². The molecule has 0 spiro atoms. The maximum atomic E-state index is 13.2. The Morgan fingerprint density at radius 3 is 2.42 bits per heavy atom. The lowest BCUT2D eigenvalue weighted by Crippen LogP contribution is -2.03. The Hall–Kier alpha value is -2.32. The van der Waals surface area contributed by atoms with Gasteiger partial charge < -0.3 is 9.47 Å². The summed E-state index contributed by atoms with van der Waals surface area (Å²) in [7, 11) is 2.67. The van der Waals surface area contributed by atoms with Crippen LogP contribution in [0.15, 0.2) is 46.6 Å². The quantitative estimate of drug-likeness (QED) is 0.576. The van der Waals surface area contributed by atoms with Crippen molar-refractivity contribution in [3.05, 3.63) is 62.6 Å². The fraction of sp³-hybridized carbons (Fsp3) is 0.167. The molecule has 0 saturated carbocycles. The topological polar surface area (TPSA) is 40.5 Å². The van der Waals surface area contributed by atoms with Gasteiger partial charge >= 0.3 is 4.87 Å². The number of alkyl halides is 2. The fourth-order valence-corrected chi connectivity index (χ4v) is 4.26. The Kier molecular flexibility index (Phi) is 5.63. The number of hydrogen-bond acceptors (Lipinski definition) is 5. The van der Waals surface area contributed by atoms with Crippen LogP contribution < -0.4 is 14.3 Å². The van der Waals surface area contributed by atoms with E-state index in [2.05, 4.69) is 0 Å². The third-order valence-corrected chi connectivity index (χ3v) is 5.53. The lowest BCUT2D eigenvalue weighted by molar-refractivity contribution is 0.142. The van der Waals surface area contributed by atoms with Crippen LogP contribution in [0.2, 0.25) is 0 Å². The number of fused-ring (bicyclic) bond motifs is 1. The van der Waals surface area contributed by atoms with Crippen molar-refractivity contribution >= 4 is 39.6 Å². The molecular formula is C18H15F2NO3S2. The van der Waals surface area contributed by atoms with Gasteiger partial charge in [-0.2, -0.15) is 0 Å². The minimum absolute atomic E-state index is 0.0575. The van der Waals surface area contributed by atoms with Crippen LogP contribution in [0.1, 0.15) is 17.6 Å². The van der Waals surface area contributed by atoms with Gasteiger partial charge in [0, 0.05) is 0 Å². The molecule has 1 heterocycles. The zero-order valence-electron chi connectivity index (χ0n) is 13.9. The zero-order chi connectivity index (χ0) is 18.7. The summed E-state index contributed by atoms with van der Waals surface area (Å²) in [5.41, 5.74) is 1.18. The summed E-state index contributed by atoms with van der Waals surface area (Å²) in [5, 5.41) is 1.72. The Bertz CT molecular complexity index is 986. The normalized spacial score (nSPS) is 11.6. The zero-order valence-corrected chi connectivity index (χ0v) is 15.6. The highest BCUT2D eigenvalue weighted by molar-refractivity contribution is 8.01. The molecule has 0 radical (unpaired) electrons. The first kappa shape index (κ1) is 18.5. The number of rotatable bonds is 6. The number of hydrogen-bond donors (Lipinski definition) is 0. The molecule has 8 heteroatoms. The molecule has 3 aromatic rings. The van der Waals surface area contributed by atoms with E-state index in [9.17, 15) is 13.6 Å². The SMILES string of the molecule is COc1cc(/C=C/Sn2c(=O)sc3ccccc32)cc(OC)c1C(F)F. The van der Waals surface area contributed by atoms with E-state index < -0.39 is 6.43 Å². The largest absolute Gasteiger partial charge is 0.496 e. The van der Waals surface area contributed by atoms with Gasteiger partial charge in [-0.25, -0.2) is 12.8 Å². The molecule has 2 aromatic carbocycles. The van der Waals surface area contributed by atoms with Crippen LogP contribution >= 0.6 is 23.3 Å². The molecule has 136 valence electrons. The van der Waals surface area contributed by atoms with Crippen molar-refractivity contribution in [1.82, 2.24) is 3.97 Å². The second-order valence-corrected chi connectivity index (χ2v) is 7.02. The summed E-state index contributed by atoms with van der Waals surface area (Å²) in [5.74, 6) is 0.115. The monoisotopic (exact) mass is 395 g/mol. The molecule has 0 aliphatic rings. The van der Waals surface area contributed by atoms with E-state index >= 15 is 0 Å². The van der Waals surface area contributed by atoms with E-state index in [0.29, 0.717) is 5.56 Å². The fourth-order valence-electron chi connectivity index (χ4n) is 2.49. The van der Waals surface area contributed by atoms with Crippen molar-refractivity contribution in [2.75, 3.05) is 14.2 Å². The third-order valence-electron chi connectivity index (χ3n) is 3.66. The van der Waals surface area contributed by atoms with Crippen molar-refractivity contribution in [3.8, 4) is 11.5 Å². The number of halogens is 2. The van der Waals surface area contributed by atoms with Gasteiger partial charge in [-0.15, -0.1) is 0 Å². The number of benzene rings is 2. The number of thiazole rings is 1. The summed E-state index contributed by atoms with van der Waals surface area (Å²) in [6.07, 6.45) is -0.993. The van der Waals surface area contributed by atoms with Crippen molar-refractivity contribution in [2.45, 2.75) is 6.43 Å². The van der Waals surface area contributed by atoms with Crippen LogP contribution in [0.4, 0.5) is 8.78 Å². The first-order chi connectivity index (χ1) is 12.5. The molecule has 0 unspecified atom stereocenters. The molecule has 26 heavy (non-hydrogen) atoms. The van der Waals surface area contributed by atoms with Gasteiger partial charge in [-0.05, 0) is 53.3 Å². The van der Waals surface area contributed by atoms with E-state index in [0.717, 1.165) is 10.2 Å². The van der Waals surface area contributed by atoms with Crippen LogP contribution in [-0.2, 0) is 0 Å². The Balaban J connectivity index is 1.91. The molecule has 3 rings (SSSR count). The predicted molar refractivity (Wildman–Crippen MR) is 103 cm³/mol. The number of ether oxygens (including phenoxy) is 2. The van der Waals surface area contributed by atoms with Gasteiger partial charge in [0.2, 0.25) is 0 Å². The van der Waals surface area contributed by atoms with Crippen molar-refractivity contribution in [1.29, 1.82) is 0 Å². The number of aromatic nitrogens is 1. The summed E-state index contributed by atoms with van der Waals surface area (Å²) in [6.45, 7) is 0. The van der Waals surface area contributed by atoms with Gasteiger partial charge in [0.25, 0.3) is 6.43 Å². The van der Waals surface area contributed by atoms with E-state index in [-0.39, 0.29) is 21.9 Å². The van der Waals surface area contributed by atoms with Gasteiger partial charge in [0.1, 0.15) is 17.1 Å². The molecule has 0 N–H and O–H groups in total. The maximum absolute atomic E-state index is 13.2. The summed E-state index contributed by atoms with van der Waals surface area (Å²) in [4.78, 5) is 12.0. The van der Waals surface area contributed by atoms with E-state index in [1.165, 1.54) is 49.6 Å². The van der Waals surface area contributed by atoms with Crippen LogP contribution in [0.5, 0.6) is 11.5 Å². The van der Waals surface area contributed by atoms with Crippen molar-refractivity contribution in [2.24, 2.45) is 0 Å². The molecule has 0 saturated heterocycles. The van der Waals surface area contributed by atoms with Gasteiger partial charge in [0.15, 0.2) is 0 Å². The molecule has 0 aliphatic carbocycles. The van der Waals surface area contributed by atoms with Crippen LogP contribution in [0.3, 0.4) is 0 Å². The summed E-state index contributed by atoms with van der Waals surface area (Å²) in [6, 6.07) is 10.5. The van der Waals surface area contributed by atoms with Crippen LogP contribution in [-0.4, -0.2) is 18.2 Å². The number of nitrogens with zero attached hydrogens (tertiary/aromatic N) is 1. The molecule has 0 aliphatic heterocycles. The molecular weight excluding hydrogens is 380 g/mol. The van der Waals surface area contributed by atoms with Gasteiger partial charge in [-0.1, -0.05) is 23.5 Å². The van der Waals surface area contributed by atoms with Gasteiger partial charge in [0.05, 0.1) is 24.4 Å². The van der Waals surface area contributed by atoms with Crippen molar-refractivity contribution in [3.63, 3.8) is 0 Å². The second-order valence-electron chi connectivity index (χ2n) is 5.18. The Morgan fingerprint density at radius 1 is 1.15 bits per heavy atom. The first-order valence-electron chi connectivity index (χ1n) is 7.53. The minimum Gasteiger partial charge on any atom is -0.496 e. The molecule has 0 atom stereocenters. The lowest BCUT2D eigenvalue weighted by Gasteiger charge is -2.13. The minimum atomic E-state index is -2.71. The summed E-state index contributed by atoms with van der Waals surface area (Å²) < 4.78 is 39.0.